The van der Waals surface area contributed by atoms with Crippen LogP contribution in [0.1, 0.15) is 24.9 Å². The van der Waals surface area contributed by atoms with Crippen molar-refractivity contribution in [3.63, 3.8) is 0 Å². The fraction of sp³-hybridized carbons (Fsp3) is 0.455. The lowest BCUT2D eigenvalue weighted by molar-refractivity contribution is 0.593. The number of benzene rings is 1. The molecule has 0 aliphatic heterocycles. The van der Waals surface area contributed by atoms with Crippen molar-refractivity contribution in [3.8, 4) is 0 Å². The van der Waals surface area contributed by atoms with E-state index in [1.165, 1.54) is 12.0 Å². The van der Waals surface area contributed by atoms with Gasteiger partial charge in [-0.25, -0.2) is 0 Å². The Labute approximate surface area is 83.9 Å². The number of halogens is 1. The fourth-order valence-electron chi connectivity index (χ4n) is 1.78. The molecule has 1 aliphatic carbocycles. The summed E-state index contributed by atoms with van der Waals surface area (Å²) in [7, 11) is 0. The average Bonchev–Trinajstić information content (AvgIpc) is 2.83. The molecule has 0 spiro atoms. The molecule has 0 bridgehead atoms. The Balaban J connectivity index is 2.12. The average molecular weight is 196 g/mol. The summed E-state index contributed by atoms with van der Waals surface area (Å²) in [5.74, 6) is 1.48. The predicted octanol–water partition coefficient (Wildman–Crippen LogP) is 3.00. The van der Waals surface area contributed by atoms with Crippen LogP contribution in [0.2, 0.25) is 5.02 Å². The minimum absolute atomic E-state index is 0.201. The number of nitrogens with two attached hydrogens (primary N) is 1. The Morgan fingerprint density at radius 2 is 1.92 bits per heavy atom. The van der Waals surface area contributed by atoms with Crippen LogP contribution in [0.5, 0.6) is 0 Å². The second kappa shape index (κ2) is 3.32. The van der Waals surface area contributed by atoms with E-state index in [-0.39, 0.29) is 6.04 Å². The zero-order valence-electron chi connectivity index (χ0n) is 7.70. The first-order chi connectivity index (χ1) is 6.18. The monoisotopic (exact) mass is 195 g/mol. The highest BCUT2D eigenvalue weighted by atomic mass is 35.5. The molecule has 1 fully saturated rings. The zero-order valence-corrected chi connectivity index (χ0v) is 8.46. The molecule has 1 nitrogen and oxygen atoms in total. The molecular weight excluding hydrogens is 182 g/mol. The van der Waals surface area contributed by atoms with Gasteiger partial charge in [0.1, 0.15) is 0 Å². The zero-order chi connectivity index (χ0) is 9.42. The summed E-state index contributed by atoms with van der Waals surface area (Å²) in [5, 5.41) is 0.778. The Morgan fingerprint density at radius 1 is 1.38 bits per heavy atom. The van der Waals surface area contributed by atoms with Gasteiger partial charge in [0.15, 0.2) is 0 Å². The van der Waals surface area contributed by atoms with Crippen molar-refractivity contribution < 1.29 is 0 Å². The van der Waals surface area contributed by atoms with Gasteiger partial charge in [-0.15, -0.1) is 0 Å². The Bertz CT molecular complexity index is 293. The van der Waals surface area contributed by atoms with E-state index in [1.54, 1.807) is 0 Å². The van der Waals surface area contributed by atoms with Crippen LogP contribution in [0.4, 0.5) is 0 Å². The van der Waals surface area contributed by atoms with E-state index in [0.717, 1.165) is 10.9 Å². The molecule has 0 aromatic heterocycles. The van der Waals surface area contributed by atoms with Crippen LogP contribution in [-0.4, -0.2) is 0 Å². The van der Waals surface area contributed by atoms with Gasteiger partial charge in [0.2, 0.25) is 0 Å². The molecule has 0 radical (unpaired) electrons. The molecule has 1 saturated carbocycles. The van der Waals surface area contributed by atoms with Gasteiger partial charge in [-0.3, -0.25) is 0 Å². The predicted molar refractivity (Wildman–Crippen MR) is 55.7 cm³/mol. The SMILES string of the molecule is C[C@@H]1C[C@H]1[C@@H](N)c1ccc(Cl)cc1. The maximum Gasteiger partial charge on any atom is 0.0406 e. The van der Waals surface area contributed by atoms with Crippen molar-refractivity contribution in [1.82, 2.24) is 0 Å². The van der Waals surface area contributed by atoms with E-state index in [1.807, 2.05) is 24.3 Å². The third-order valence-corrected chi connectivity index (χ3v) is 3.14. The molecule has 1 aliphatic rings. The van der Waals surface area contributed by atoms with Crippen LogP contribution < -0.4 is 5.73 Å². The van der Waals surface area contributed by atoms with Crippen LogP contribution in [0.3, 0.4) is 0 Å². The van der Waals surface area contributed by atoms with Gasteiger partial charge in [0.25, 0.3) is 0 Å². The molecule has 0 amide bonds. The van der Waals surface area contributed by atoms with E-state index in [9.17, 15) is 0 Å². The minimum atomic E-state index is 0.201. The first-order valence-electron chi connectivity index (χ1n) is 4.69. The molecule has 0 saturated heterocycles. The van der Waals surface area contributed by atoms with E-state index in [4.69, 9.17) is 17.3 Å². The summed E-state index contributed by atoms with van der Waals surface area (Å²) in [5.41, 5.74) is 7.30. The fourth-order valence-corrected chi connectivity index (χ4v) is 1.91. The molecule has 2 N–H and O–H groups in total. The molecule has 70 valence electrons. The maximum atomic E-state index is 6.10. The first-order valence-corrected chi connectivity index (χ1v) is 5.07. The van der Waals surface area contributed by atoms with Crippen molar-refractivity contribution in [2.24, 2.45) is 17.6 Å². The van der Waals surface area contributed by atoms with Crippen molar-refractivity contribution in [3.05, 3.63) is 34.9 Å². The lowest BCUT2D eigenvalue weighted by Gasteiger charge is -2.10. The van der Waals surface area contributed by atoms with E-state index >= 15 is 0 Å². The van der Waals surface area contributed by atoms with Crippen molar-refractivity contribution in [2.45, 2.75) is 19.4 Å². The van der Waals surface area contributed by atoms with Gasteiger partial charge in [-0.2, -0.15) is 0 Å². The molecule has 2 rings (SSSR count). The summed E-state index contributed by atoms with van der Waals surface area (Å²) in [6.07, 6.45) is 1.27. The first kappa shape index (κ1) is 9.04. The summed E-state index contributed by atoms with van der Waals surface area (Å²) >= 11 is 5.80. The number of rotatable bonds is 2. The number of hydrogen-bond acceptors (Lipinski definition) is 1. The summed E-state index contributed by atoms with van der Waals surface area (Å²) in [4.78, 5) is 0. The molecule has 1 aromatic rings. The Hall–Kier alpha value is -0.530. The molecule has 0 unspecified atom stereocenters. The van der Waals surface area contributed by atoms with Crippen LogP contribution >= 0.6 is 11.6 Å². The molecule has 3 atom stereocenters. The summed E-state index contributed by atoms with van der Waals surface area (Å²) in [6, 6.07) is 8.07. The van der Waals surface area contributed by atoms with Crippen LogP contribution in [0.15, 0.2) is 24.3 Å². The van der Waals surface area contributed by atoms with Gasteiger partial charge in [-0.1, -0.05) is 30.7 Å². The van der Waals surface area contributed by atoms with Gasteiger partial charge in [-0.05, 0) is 36.0 Å². The van der Waals surface area contributed by atoms with Crippen molar-refractivity contribution in [2.75, 3.05) is 0 Å². The quantitative estimate of drug-likeness (QED) is 0.772. The lowest BCUT2D eigenvalue weighted by atomic mass is 10.0. The number of hydrogen-bond donors (Lipinski definition) is 1. The summed E-state index contributed by atoms with van der Waals surface area (Å²) in [6.45, 7) is 2.25. The standard InChI is InChI=1S/C11H14ClN/c1-7-6-10(7)11(13)8-2-4-9(12)5-3-8/h2-5,7,10-11H,6,13H2,1H3/t7-,10-,11+/m1/s1. The van der Waals surface area contributed by atoms with E-state index < -0.39 is 0 Å². The second-order valence-electron chi connectivity index (χ2n) is 3.95. The van der Waals surface area contributed by atoms with Gasteiger partial charge in [0, 0.05) is 11.1 Å². The van der Waals surface area contributed by atoms with E-state index in [0.29, 0.717) is 5.92 Å². The van der Waals surface area contributed by atoms with Crippen molar-refractivity contribution in [1.29, 1.82) is 0 Å². The normalized spacial score (nSPS) is 28.5. The largest absolute Gasteiger partial charge is 0.324 e. The lowest BCUT2D eigenvalue weighted by Crippen LogP contribution is -2.13. The third-order valence-electron chi connectivity index (χ3n) is 2.89. The van der Waals surface area contributed by atoms with Gasteiger partial charge in [0.05, 0.1) is 0 Å². The molecule has 13 heavy (non-hydrogen) atoms. The molecular formula is C11H14ClN. The molecule has 2 heteroatoms. The smallest absolute Gasteiger partial charge is 0.0406 e. The second-order valence-corrected chi connectivity index (χ2v) is 4.39. The highest BCUT2D eigenvalue weighted by Gasteiger charge is 2.38. The molecule has 1 aromatic carbocycles. The van der Waals surface area contributed by atoms with Gasteiger partial charge >= 0.3 is 0 Å². The Morgan fingerprint density at radius 3 is 2.38 bits per heavy atom. The van der Waals surface area contributed by atoms with Gasteiger partial charge < -0.3 is 5.73 Å². The third kappa shape index (κ3) is 1.87. The Kier molecular flexibility index (Phi) is 2.31. The highest BCUT2D eigenvalue weighted by molar-refractivity contribution is 6.30. The van der Waals surface area contributed by atoms with Crippen molar-refractivity contribution >= 4 is 11.6 Å². The highest BCUT2D eigenvalue weighted by Crippen LogP contribution is 2.45. The van der Waals surface area contributed by atoms with Crippen LogP contribution in [-0.2, 0) is 0 Å². The maximum absolute atomic E-state index is 6.10. The summed E-state index contributed by atoms with van der Waals surface area (Å²) < 4.78 is 0. The topological polar surface area (TPSA) is 26.0 Å². The molecule has 0 heterocycles. The minimum Gasteiger partial charge on any atom is -0.324 e. The van der Waals surface area contributed by atoms with Crippen LogP contribution in [0, 0.1) is 11.8 Å². The van der Waals surface area contributed by atoms with E-state index in [2.05, 4.69) is 6.92 Å². The van der Waals surface area contributed by atoms with Crippen LogP contribution in [0.25, 0.3) is 0 Å².